The second kappa shape index (κ2) is 1.99. The van der Waals surface area contributed by atoms with Gasteiger partial charge < -0.3 is 4.74 Å². The van der Waals surface area contributed by atoms with E-state index in [0.717, 1.165) is 11.4 Å². The number of hydrogen-bond donors (Lipinski definition) is 0. The number of nitrogens with zero attached hydrogens (tertiary/aromatic N) is 1. The summed E-state index contributed by atoms with van der Waals surface area (Å²) in [6.07, 6.45) is 4.98. The fourth-order valence-electron chi connectivity index (χ4n) is 1.18. The lowest BCUT2D eigenvalue weighted by Crippen LogP contribution is -2.01. The van der Waals surface area contributed by atoms with Gasteiger partial charge in [0.1, 0.15) is 5.75 Å². The lowest BCUT2D eigenvalue weighted by atomic mass is 10.4. The molecule has 56 valence electrons. The number of ether oxygens (including phenoxy) is 1. The molecule has 2 rings (SSSR count). The summed E-state index contributed by atoms with van der Waals surface area (Å²) in [5, 5.41) is 0. The molecule has 1 aliphatic rings. The molecule has 1 aliphatic heterocycles. The van der Waals surface area contributed by atoms with Crippen molar-refractivity contribution in [2.75, 3.05) is 7.11 Å². The molecule has 0 saturated heterocycles. The minimum atomic E-state index is -0.0108. The van der Waals surface area contributed by atoms with E-state index in [9.17, 15) is 4.79 Å². The molecule has 0 spiro atoms. The number of carbonyl (C=O) groups excluding carboxylic acids is 1. The Balaban J connectivity index is 2.60. The van der Waals surface area contributed by atoms with E-state index in [2.05, 4.69) is 0 Å². The standard InChI is InChI=1S/C8H7NO2/c1-11-7-4-5-9-6(7)2-3-8(9)10/h2-5H,1H3. The van der Waals surface area contributed by atoms with Crippen LogP contribution in [-0.4, -0.2) is 17.6 Å². The third-order valence-corrected chi connectivity index (χ3v) is 1.73. The monoisotopic (exact) mass is 149 g/mol. The Hall–Kier alpha value is -1.51. The average molecular weight is 149 g/mol. The molecule has 0 saturated carbocycles. The van der Waals surface area contributed by atoms with E-state index in [1.165, 1.54) is 6.08 Å². The van der Waals surface area contributed by atoms with Crippen molar-refractivity contribution in [3.63, 3.8) is 0 Å². The highest BCUT2D eigenvalue weighted by molar-refractivity contribution is 6.00. The third kappa shape index (κ3) is 0.707. The lowest BCUT2D eigenvalue weighted by molar-refractivity contribution is 0.0974. The Morgan fingerprint density at radius 1 is 1.45 bits per heavy atom. The van der Waals surface area contributed by atoms with Gasteiger partial charge in [-0.15, -0.1) is 0 Å². The largest absolute Gasteiger partial charge is 0.495 e. The van der Waals surface area contributed by atoms with Gasteiger partial charge in [-0.25, -0.2) is 0 Å². The van der Waals surface area contributed by atoms with Crippen molar-refractivity contribution in [3.8, 4) is 5.75 Å². The van der Waals surface area contributed by atoms with Gasteiger partial charge in [0.15, 0.2) is 0 Å². The number of hydrogen-bond acceptors (Lipinski definition) is 2. The molecule has 2 heterocycles. The number of methoxy groups -OCH3 is 1. The van der Waals surface area contributed by atoms with E-state index in [1.807, 2.05) is 0 Å². The van der Waals surface area contributed by atoms with Crippen LogP contribution in [0.4, 0.5) is 0 Å². The number of aromatic nitrogens is 1. The molecule has 0 unspecified atom stereocenters. The molecule has 0 aromatic carbocycles. The van der Waals surface area contributed by atoms with Crippen LogP contribution in [0.25, 0.3) is 6.08 Å². The first kappa shape index (κ1) is 6.22. The maximum atomic E-state index is 11.0. The highest BCUT2D eigenvalue weighted by Crippen LogP contribution is 2.24. The zero-order valence-corrected chi connectivity index (χ0v) is 6.07. The molecule has 0 aliphatic carbocycles. The molecular weight excluding hydrogens is 142 g/mol. The topological polar surface area (TPSA) is 31.2 Å². The molecule has 0 amide bonds. The highest BCUT2D eigenvalue weighted by atomic mass is 16.5. The molecule has 1 aromatic rings. The van der Waals surface area contributed by atoms with Gasteiger partial charge in [0, 0.05) is 12.3 Å². The Bertz CT molecular complexity index is 336. The minimum absolute atomic E-state index is 0.0108. The summed E-state index contributed by atoms with van der Waals surface area (Å²) in [6.45, 7) is 0. The summed E-state index contributed by atoms with van der Waals surface area (Å²) in [4.78, 5) is 11.0. The van der Waals surface area contributed by atoms with Gasteiger partial charge in [-0.3, -0.25) is 9.36 Å². The predicted molar refractivity (Wildman–Crippen MR) is 40.6 cm³/mol. The second-order valence-electron chi connectivity index (χ2n) is 2.31. The van der Waals surface area contributed by atoms with Gasteiger partial charge >= 0.3 is 0 Å². The molecule has 1 aromatic heterocycles. The smallest absolute Gasteiger partial charge is 0.255 e. The van der Waals surface area contributed by atoms with E-state index in [1.54, 1.807) is 30.0 Å². The highest BCUT2D eigenvalue weighted by Gasteiger charge is 2.15. The average Bonchev–Trinajstić information content (AvgIpc) is 2.53. The van der Waals surface area contributed by atoms with E-state index >= 15 is 0 Å². The quantitative estimate of drug-likeness (QED) is 0.600. The molecule has 3 heteroatoms. The van der Waals surface area contributed by atoms with Crippen LogP contribution >= 0.6 is 0 Å². The predicted octanol–water partition coefficient (Wildman–Crippen LogP) is 1.16. The van der Waals surface area contributed by atoms with Crippen LogP contribution in [0.2, 0.25) is 0 Å². The number of rotatable bonds is 1. The molecule has 0 atom stereocenters. The van der Waals surface area contributed by atoms with Crippen LogP contribution in [0.3, 0.4) is 0 Å². The van der Waals surface area contributed by atoms with Gasteiger partial charge in [-0.05, 0) is 12.1 Å². The van der Waals surface area contributed by atoms with Gasteiger partial charge in [0.05, 0.1) is 12.8 Å². The van der Waals surface area contributed by atoms with Crippen molar-refractivity contribution in [3.05, 3.63) is 24.0 Å². The molecule has 3 nitrogen and oxygen atoms in total. The van der Waals surface area contributed by atoms with E-state index in [0.29, 0.717) is 0 Å². The van der Waals surface area contributed by atoms with Crippen LogP contribution < -0.4 is 4.74 Å². The Labute approximate surface area is 63.9 Å². The summed E-state index contributed by atoms with van der Waals surface area (Å²) in [6, 6.07) is 1.77. The SMILES string of the molecule is COc1ccn2c1C=CC2=O. The molecule has 0 N–H and O–H groups in total. The zero-order chi connectivity index (χ0) is 7.84. The summed E-state index contributed by atoms with van der Waals surface area (Å²) in [7, 11) is 1.59. The van der Waals surface area contributed by atoms with E-state index in [4.69, 9.17) is 4.74 Å². The van der Waals surface area contributed by atoms with Crippen molar-refractivity contribution in [2.45, 2.75) is 0 Å². The van der Waals surface area contributed by atoms with Crippen molar-refractivity contribution >= 4 is 12.0 Å². The third-order valence-electron chi connectivity index (χ3n) is 1.73. The Morgan fingerprint density at radius 2 is 2.27 bits per heavy atom. The zero-order valence-electron chi connectivity index (χ0n) is 6.07. The molecule has 0 radical (unpaired) electrons. The van der Waals surface area contributed by atoms with Crippen LogP contribution in [0.1, 0.15) is 10.5 Å². The van der Waals surface area contributed by atoms with Crippen LogP contribution in [0.15, 0.2) is 18.3 Å². The van der Waals surface area contributed by atoms with Crippen molar-refractivity contribution < 1.29 is 9.53 Å². The molecule has 0 bridgehead atoms. The summed E-state index contributed by atoms with van der Waals surface area (Å²) >= 11 is 0. The second-order valence-corrected chi connectivity index (χ2v) is 2.31. The van der Waals surface area contributed by atoms with Crippen LogP contribution in [0.5, 0.6) is 5.75 Å². The van der Waals surface area contributed by atoms with Crippen LogP contribution in [0, 0.1) is 0 Å². The maximum absolute atomic E-state index is 11.0. The summed E-state index contributed by atoms with van der Waals surface area (Å²) in [5.41, 5.74) is 0.831. The summed E-state index contributed by atoms with van der Waals surface area (Å²) in [5.74, 6) is 0.732. The fourth-order valence-corrected chi connectivity index (χ4v) is 1.18. The van der Waals surface area contributed by atoms with Crippen molar-refractivity contribution in [2.24, 2.45) is 0 Å². The fraction of sp³-hybridized carbons (Fsp3) is 0.125. The maximum Gasteiger partial charge on any atom is 0.255 e. The molecule has 0 fully saturated rings. The Kier molecular flexibility index (Phi) is 1.12. The number of allylic oxidation sites excluding steroid dienone is 1. The van der Waals surface area contributed by atoms with Gasteiger partial charge in [-0.1, -0.05) is 0 Å². The molecule has 11 heavy (non-hydrogen) atoms. The van der Waals surface area contributed by atoms with E-state index < -0.39 is 0 Å². The number of fused-ring (bicyclic) bond motifs is 1. The normalized spacial score (nSPS) is 13.7. The van der Waals surface area contributed by atoms with Crippen molar-refractivity contribution in [1.82, 2.24) is 4.57 Å². The van der Waals surface area contributed by atoms with Crippen LogP contribution in [-0.2, 0) is 0 Å². The molecular formula is C8H7NO2. The van der Waals surface area contributed by atoms with E-state index in [-0.39, 0.29) is 5.91 Å². The first-order valence-corrected chi connectivity index (χ1v) is 3.30. The van der Waals surface area contributed by atoms with Crippen molar-refractivity contribution in [1.29, 1.82) is 0 Å². The summed E-state index contributed by atoms with van der Waals surface area (Å²) < 4.78 is 6.58. The van der Waals surface area contributed by atoms with Gasteiger partial charge in [0.25, 0.3) is 5.91 Å². The van der Waals surface area contributed by atoms with Gasteiger partial charge in [-0.2, -0.15) is 0 Å². The van der Waals surface area contributed by atoms with Gasteiger partial charge in [0.2, 0.25) is 0 Å². The lowest BCUT2D eigenvalue weighted by Gasteiger charge is -1.96. The first-order valence-electron chi connectivity index (χ1n) is 3.30. The first-order chi connectivity index (χ1) is 5.33. The minimum Gasteiger partial charge on any atom is -0.495 e. The Morgan fingerprint density at radius 3 is 3.00 bits per heavy atom. The number of carbonyl (C=O) groups is 1.